The van der Waals surface area contributed by atoms with Crippen LogP contribution in [0.25, 0.3) is 22.4 Å². The zero-order chi connectivity index (χ0) is 22.2. The van der Waals surface area contributed by atoms with Crippen LogP contribution in [-0.2, 0) is 11.2 Å². The maximum Gasteiger partial charge on any atom is 0.195 e. The van der Waals surface area contributed by atoms with E-state index < -0.39 is 0 Å². The van der Waals surface area contributed by atoms with Gasteiger partial charge < -0.3 is 19.0 Å². The topological polar surface area (TPSA) is 96.2 Å². The zero-order valence-corrected chi connectivity index (χ0v) is 18.7. The molecule has 33 heavy (non-hydrogen) atoms. The maximum absolute atomic E-state index is 6.39. The molecule has 2 aliphatic heterocycles. The van der Waals surface area contributed by atoms with Gasteiger partial charge in [-0.2, -0.15) is 5.10 Å². The summed E-state index contributed by atoms with van der Waals surface area (Å²) in [5.41, 5.74) is 4.54. The van der Waals surface area contributed by atoms with Crippen LogP contribution >= 0.6 is 0 Å². The fourth-order valence-corrected chi connectivity index (χ4v) is 4.71. The van der Waals surface area contributed by atoms with Gasteiger partial charge in [-0.25, -0.2) is 9.97 Å². The SMILES string of the molecule is CN1CCC(c2cc3nc(Cc4cc(-c5ccncc5)n[nH]4)nc(N4CCOCC4)c3o2)C1. The second-order valence-electron chi connectivity index (χ2n) is 8.86. The molecule has 1 atom stereocenters. The lowest BCUT2D eigenvalue weighted by atomic mass is 10.1. The van der Waals surface area contributed by atoms with Crippen molar-refractivity contribution in [2.75, 3.05) is 51.3 Å². The molecule has 6 heterocycles. The molecule has 0 bridgehead atoms. The number of likely N-dealkylation sites (N-methyl/N-ethyl adjacent to an activating group) is 1. The quantitative estimate of drug-likeness (QED) is 0.501. The molecule has 6 rings (SSSR count). The smallest absolute Gasteiger partial charge is 0.195 e. The lowest BCUT2D eigenvalue weighted by molar-refractivity contribution is 0.122. The van der Waals surface area contributed by atoms with Crippen LogP contribution in [0.4, 0.5) is 5.82 Å². The summed E-state index contributed by atoms with van der Waals surface area (Å²) < 4.78 is 12.0. The predicted molar refractivity (Wildman–Crippen MR) is 124 cm³/mol. The number of likely N-dealkylation sites (tertiary alicyclic amines) is 1. The molecule has 1 unspecified atom stereocenters. The molecule has 9 nitrogen and oxygen atoms in total. The molecule has 0 saturated carbocycles. The lowest BCUT2D eigenvalue weighted by Crippen LogP contribution is -2.37. The van der Waals surface area contributed by atoms with E-state index in [1.165, 1.54) is 0 Å². The Morgan fingerprint density at radius 2 is 1.94 bits per heavy atom. The standard InChI is InChI=1S/C24H27N7O2/c1-30-7-4-17(15-30)21-14-20-23(33-21)24(31-8-10-32-11-9-31)27-22(26-20)13-18-12-19(29-28-18)16-2-5-25-6-3-16/h2-3,5-6,12,14,17H,4,7-11,13,15H2,1H3,(H,28,29). The van der Waals surface area contributed by atoms with Gasteiger partial charge in [-0.3, -0.25) is 10.1 Å². The van der Waals surface area contributed by atoms with Gasteiger partial charge in [-0.15, -0.1) is 0 Å². The van der Waals surface area contributed by atoms with E-state index in [2.05, 4.69) is 38.1 Å². The Balaban J connectivity index is 1.35. The van der Waals surface area contributed by atoms with Gasteiger partial charge in [0.1, 0.15) is 17.1 Å². The van der Waals surface area contributed by atoms with Crippen molar-refractivity contribution >= 4 is 16.9 Å². The summed E-state index contributed by atoms with van der Waals surface area (Å²) in [6, 6.07) is 8.06. The lowest BCUT2D eigenvalue weighted by Gasteiger charge is -2.27. The van der Waals surface area contributed by atoms with Crippen molar-refractivity contribution < 1.29 is 9.15 Å². The van der Waals surface area contributed by atoms with Crippen molar-refractivity contribution in [2.24, 2.45) is 0 Å². The molecule has 2 aliphatic rings. The molecule has 2 saturated heterocycles. The number of aromatic nitrogens is 5. The number of anilines is 1. The number of furan rings is 1. The fraction of sp³-hybridized carbons (Fsp3) is 0.417. The second-order valence-corrected chi connectivity index (χ2v) is 8.86. The largest absolute Gasteiger partial charge is 0.455 e. The number of nitrogens with zero attached hydrogens (tertiary/aromatic N) is 6. The molecule has 0 aromatic carbocycles. The number of aromatic amines is 1. The van der Waals surface area contributed by atoms with Gasteiger partial charge in [0.05, 0.1) is 18.9 Å². The van der Waals surface area contributed by atoms with Crippen LogP contribution in [0.1, 0.15) is 29.6 Å². The number of pyridine rings is 1. The van der Waals surface area contributed by atoms with E-state index in [0.717, 1.165) is 78.1 Å². The van der Waals surface area contributed by atoms with Crippen LogP contribution in [0.3, 0.4) is 0 Å². The highest BCUT2D eigenvalue weighted by Gasteiger charge is 2.27. The molecule has 4 aromatic rings. The van der Waals surface area contributed by atoms with Crippen molar-refractivity contribution in [3.05, 3.63) is 53.9 Å². The Bertz CT molecular complexity index is 1250. The molecule has 0 spiro atoms. The van der Waals surface area contributed by atoms with Crippen molar-refractivity contribution in [1.82, 2.24) is 30.0 Å². The number of rotatable bonds is 5. The summed E-state index contributed by atoms with van der Waals surface area (Å²) in [6.07, 6.45) is 5.22. The fourth-order valence-electron chi connectivity index (χ4n) is 4.71. The third kappa shape index (κ3) is 4.09. The Morgan fingerprint density at radius 3 is 2.73 bits per heavy atom. The van der Waals surface area contributed by atoms with E-state index in [9.17, 15) is 0 Å². The molecular formula is C24H27N7O2. The average molecular weight is 446 g/mol. The molecule has 0 amide bonds. The minimum Gasteiger partial charge on any atom is -0.455 e. The minimum absolute atomic E-state index is 0.403. The third-order valence-electron chi connectivity index (χ3n) is 6.48. The van der Waals surface area contributed by atoms with Gasteiger partial charge in [0, 0.05) is 61.7 Å². The number of fused-ring (bicyclic) bond motifs is 1. The Kier molecular flexibility index (Phi) is 5.27. The number of hydrogen-bond donors (Lipinski definition) is 1. The first-order valence-corrected chi connectivity index (χ1v) is 11.5. The van der Waals surface area contributed by atoms with Crippen LogP contribution in [-0.4, -0.2) is 76.5 Å². The first-order chi connectivity index (χ1) is 16.2. The van der Waals surface area contributed by atoms with Crippen molar-refractivity contribution in [2.45, 2.75) is 18.8 Å². The van der Waals surface area contributed by atoms with E-state index in [-0.39, 0.29) is 0 Å². The van der Waals surface area contributed by atoms with Gasteiger partial charge in [-0.1, -0.05) is 0 Å². The van der Waals surface area contributed by atoms with E-state index >= 15 is 0 Å². The normalized spacial score (nSPS) is 19.5. The highest BCUT2D eigenvalue weighted by Crippen LogP contribution is 2.34. The zero-order valence-electron chi connectivity index (χ0n) is 18.7. The van der Waals surface area contributed by atoms with Crippen LogP contribution in [0, 0.1) is 0 Å². The maximum atomic E-state index is 6.39. The molecule has 2 fully saturated rings. The molecule has 170 valence electrons. The number of morpholine rings is 1. The molecule has 0 radical (unpaired) electrons. The highest BCUT2D eigenvalue weighted by molar-refractivity contribution is 5.85. The van der Waals surface area contributed by atoms with Crippen molar-refractivity contribution in [3.8, 4) is 11.3 Å². The number of ether oxygens (including phenoxy) is 1. The second kappa shape index (κ2) is 8.57. The predicted octanol–water partition coefficient (Wildman–Crippen LogP) is 2.85. The van der Waals surface area contributed by atoms with Crippen LogP contribution < -0.4 is 4.90 Å². The molecular weight excluding hydrogens is 418 g/mol. The summed E-state index contributed by atoms with van der Waals surface area (Å²) in [7, 11) is 2.16. The molecule has 4 aromatic heterocycles. The first kappa shape index (κ1) is 20.3. The van der Waals surface area contributed by atoms with Gasteiger partial charge in [-0.05, 0) is 38.2 Å². The Labute approximate surface area is 191 Å². The Morgan fingerprint density at radius 1 is 1.09 bits per heavy atom. The molecule has 9 heteroatoms. The minimum atomic E-state index is 0.403. The molecule has 1 N–H and O–H groups in total. The summed E-state index contributed by atoms with van der Waals surface area (Å²) in [5, 5.41) is 7.60. The first-order valence-electron chi connectivity index (χ1n) is 11.5. The van der Waals surface area contributed by atoms with E-state index in [0.29, 0.717) is 25.6 Å². The number of hydrogen-bond acceptors (Lipinski definition) is 8. The average Bonchev–Trinajstić information content (AvgIpc) is 3.59. The van der Waals surface area contributed by atoms with Crippen molar-refractivity contribution in [3.63, 3.8) is 0 Å². The van der Waals surface area contributed by atoms with E-state index in [4.69, 9.17) is 19.1 Å². The number of H-pyrrole nitrogens is 1. The molecule has 0 aliphatic carbocycles. The van der Waals surface area contributed by atoms with Gasteiger partial charge in [0.2, 0.25) is 0 Å². The number of nitrogens with one attached hydrogen (secondary N) is 1. The Hall–Kier alpha value is -3.30. The van der Waals surface area contributed by atoms with E-state index in [1.54, 1.807) is 12.4 Å². The monoisotopic (exact) mass is 445 g/mol. The summed E-state index contributed by atoms with van der Waals surface area (Å²) >= 11 is 0. The summed E-state index contributed by atoms with van der Waals surface area (Å²) in [6.45, 7) is 5.08. The third-order valence-corrected chi connectivity index (χ3v) is 6.48. The van der Waals surface area contributed by atoms with Crippen LogP contribution in [0.15, 0.2) is 41.1 Å². The summed E-state index contributed by atoms with van der Waals surface area (Å²) in [4.78, 5) is 18.5. The van der Waals surface area contributed by atoms with Gasteiger partial charge in [0.15, 0.2) is 11.4 Å². The van der Waals surface area contributed by atoms with Crippen LogP contribution in [0.2, 0.25) is 0 Å². The van der Waals surface area contributed by atoms with Crippen LogP contribution in [0.5, 0.6) is 0 Å². The van der Waals surface area contributed by atoms with Crippen molar-refractivity contribution in [1.29, 1.82) is 0 Å². The van der Waals surface area contributed by atoms with E-state index in [1.807, 2.05) is 18.2 Å². The van der Waals surface area contributed by atoms with Gasteiger partial charge in [0.25, 0.3) is 0 Å². The van der Waals surface area contributed by atoms with Gasteiger partial charge >= 0.3 is 0 Å². The summed E-state index contributed by atoms with van der Waals surface area (Å²) in [5.74, 6) is 3.03. The highest BCUT2D eigenvalue weighted by atomic mass is 16.5.